The molecule has 0 bridgehead atoms. The summed E-state index contributed by atoms with van der Waals surface area (Å²) in [5.41, 5.74) is 2.52. The molecule has 0 radical (unpaired) electrons. The second-order valence-corrected chi connectivity index (χ2v) is 9.78. The number of nitrogens with zero attached hydrogens (tertiary/aromatic N) is 1. The van der Waals surface area contributed by atoms with E-state index in [1.165, 1.54) is 22.8 Å². The molecular formula is C24H25N3O4S. The Morgan fingerprint density at radius 2 is 1.78 bits per heavy atom. The Morgan fingerprint density at radius 1 is 1.03 bits per heavy atom. The third-order valence-electron chi connectivity index (χ3n) is 5.29. The zero-order valence-corrected chi connectivity index (χ0v) is 18.6. The molecule has 1 heterocycles. The first-order valence-corrected chi connectivity index (χ1v) is 11.9. The summed E-state index contributed by atoms with van der Waals surface area (Å²) >= 11 is 0. The number of hydrogen-bond donors (Lipinski definition) is 2. The van der Waals surface area contributed by atoms with Crippen molar-refractivity contribution in [2.24, 2.45) is 0 Å². The average molecular weight is 452 g/mol. The number of aryl methyl sites for hydroxylation is 1. The predicted molar refractivity (Wildman–Crippen MR) is 122 cm³/mol. The number of carbonyl (C=O) groups excluding carboxylic acids is 1. The van der Waals surface area contributed by atoms with Crippen LogP contribution in [0.15, 0.2) is 76.6 Å². The minimum Gasteiger partial charge on any atom is -0.348 e. The van der Waals surface area contributed by atoms with Crippen molar-refractivity contribution in [1.82, 2.24) is 14.6 Å². The van der Waals surface area contributed by atoms with Crippen LogP contribution in [0.25, 0.3) is 0 Å². The molecule has 1 aromatic heterocycles. The van der Waals surface area contributed by atoms with E-state index in [0.29, 0.717) is 6.54 Å². The van der Waals surface area contributed by atoms with Gasteiger partial charge in [-0.2, -0.15) is 0 Å². The van der Waals surface area contributed by atoms with Crippen molar-refractivity contribution in [3.05, 3.63) is 99.5 Å². The molecule has 1 saturated carbocycles. The highest BCUT2D eigenvalue weighted by atomic mass is 32.2. The summed E-state index contributed by atoms with van der Waals surface area (Å²) in [6.07, 6.45) is 3.40. The van der Waals surface area contributed by atoms with Gasteiger partial charge in [-0.05, 0) is 55.2 Å². The number of rotatable bonds is 8. The van der Waals surface area contributed by atoms with Crippen molar-refractivity contribution in [3.8, 4) is 0 Å². The van der Waals surface area contributed by atoms with Crippen LogP contribution in [0.4, 0.5) is 0 Å². The van der Waals surface area contributed by atoms with Crippen molar-refractivity contribution >= 4 is 15.9 Å². The topological polar surface area (TPSA) is 97.3 Å². The Bertz CT molecular complexity index is 1290. The lowest BCUT2D eigenvalue weighted by atomic mass is 10.1. The molecule has 0 atom stereocenters. The van der Waals surface area contributed by atoms with Gasteiger partial charge in [-0.15, -0.1) is 0 Å². The SMILES string of the molecule is Cc1cccc(Cn2cccc(C(=O)NCc3ccc(S(=O)(=O)NC4CC4)cc3)c2=O)c1. The van der Waals surface area contributed by atoms with Gasteiger partial charge in [0.15, 0.2) is 0 Å². The van der Waals surface area contributed by atoms with Crippen LogP contribution in [0, 0.1) is 6.92 Å². The zero-order chi connectivity index (χ0) is 22.7. The van der Waals surface area contributed by atoms with Gasteiger partial charge in [0.2, 0.25) is 10.0 Å². The van der Waals surface area contributed by atoms with Crippen molar-refractivity contribution in [1.29, 1.82) is 0 Å². The van der Waals surface area contributed by atoms with Gasteiger partial charge < -0.3 is 9.88 Å². The standard InChI is InChI=1S/C24H25N3O4S/c1-17-4-2-5-19(14-17)16-27-13-3-6-22(24(27)29)23(28)25-15-18-7-11-21(12-8-18)32(30,31)26-20-9-10-20/h2-8,11-14,20,26H,9-10,15-16H2,1H3,(H,25,28). The van der Waals surface area contributed by atoms with Crippen LogP contribution in [0.2, 0.25) is 0 Å². The summed E-state index contributed by atoms with van der Waals surface area (Å²) < 4.78 is 28.6. The van der Waals surface area contributed by atoms with E-state index in [4.69, 9.17) is 0 Å². The van der Waals surface area contributed by atoms with Crippen LogP contribution in [-0.2, 0) is 23.1 Å². The van der Waals surface area contributed by atoms with Gasteiger partial charge in [0.25, 0.3) is 11.5 Å². The highest BCUT2D eigenvalue weighted by molar-refractivity contribution is 7.89. The van der Waals surface area contributed by atoms with Crippen molar-refractivity contribution in [3.63, 3.8) is 0 Å². The molecule has 2 aromatic carbocycles. The zero-order valence-electron chi connectivity index (χ0n) is 17.7. The van der Waals surface area contributed by atoms with Crippen LogP contribution in [0.1, 0.15) is 39.9 Å². The lowest BCUT2D eigenvalue weighted by molar-refractivity contribution is 0.0948. The lowest BCUT2D eigenvalue weighted by Gasteiger charge is -2.10. The molecular weight excluding hydrogens is 426 g/mol. The molecule has 4 rings (SSSR count). The maximum absolute atomic E-state index is 12.8. The summed E-state index contributed by atoms with van der Waals surface area (Å²) in [7, 11) is -3.51. The van der Waals surface area contributed by atoms with E-state index < -0.39 is 15.9 Å². The van der Waals surface area contributed by atoms with Crippen molar-refractivity contribution in [2.45, 2.75) is 43.8 Å². The first-order valence-electron chi connectivity index (χ1n) is 10.5. The van der Waals surface area contributed by atoms with Crippen LogP contribution in [0.3, 0.4) is 0 Å². The van der Waals surface area contributed by atoms with Crippen LogP contribution >= 0.6 is 0 Å². The van der Waals surface area contributed by atoms with Gasteiger partial charge >= 0.3 is 0 Å². The minimum atomic E-state index is -3.51. The molecule has 32 heavy (non-hydrogen) atoms. The number of benzene rings is 2. The van der Waals surface area contributed by atoms with E-state index in [1.807, 2.05) is 31.2 Å². The molecule has 1 amide bonds. The molecule has 3 aromatic rings. The fraction of sp³-hybridized carbons (Fsp3) is 0.250. The third-order valence-corrected chi connectivity index (χ3v) is 6.82. The summed E-state index contributed by atoms with van der Waals surface area (Å²) in [6.45, 7) is 2.55. The molecule has 1 fully saturated rings. The number of aromatic nitrogens is 1. The second-order valence-electron chi connectivity index (χ2n) is 8.07. The number of carbonyl (C=O) groups is 1. The normalized spacial score (nSPS) is 13.7. The number of amides is 1. The molecule has 7 nitrogen and oxygen atoms in total. The average Bonchev–Trinajstić information content (AvgIpc) is 3.57. The Balaban J connectivity index is 1.41. The first-order chi connectivity index (χ1) is 15.3. The number of nitrogens with one attached hydrogen (secondary N) is 2. The molecule has 1 aliphatic rings. The summed E-state index contributed by atoms with van der Waals surface area (Å²) in [5, 5.41) is 2.74. The lowest BCUT2D eigenvalue weighted by Crippen LogP contribution is -2.32. The van der Waals surface area contributed by atoms with E-state index >= 15 is 0 Å². The highest BCUT2D eigenvalue weighted by Crippen LogP contribution is 2.22. The van der Waals surface area contributed by atoms with E-state index in [0.717, 1.165) is 29.5 Å². The minimum absolute atomic E-state index is 0.0415. The van der Waals surface area contributed by atoms with Crippen molar-refractivity contribution in [2.75, 3.05) is 0 Å². The molecule has 1 aliphatic carbocycles. The van der Waals surface area contributed by atoms with E-state index in [-0.39, 0.29) is 28.6 Å². The molecule has 166 valence electrons. The molecule has 0 spiro atoms. The van der Waals surface area contributed by atoms with Crippen LogP contribution in [0.5, 0.6) is 0 Å². The number of sulfonamides is 1. The second kappa shape index (κ2) is 9.10. The molecule has 0 aliphatic heterocycles. The largest absolute Gasteiger partial charge is 0.348 e. The van der Waals surface area contributed by atoms with Gasteiger partial charge in [-0.1, -0.05) is 42.0 Å². The number of pyridine rings is 1. The fourth-order valence-corrected chi connectivity index (χ4v) is 4.70. The van der Waals surface area contributed by atoms with Crippen molar-refractivity contribution < 1.29 is 13.2 Å². The van der Waals surface area contributed by atoms with E-state index in [2.05, 4.69) is 10.0 Å². The van der Waals surface area contributed by atoms with Gasteiger partial charge in [-0.3, -0.25) is 9.59 Å². The Hall–Kier alpha value is -3.23. The maximum atomic E-state index is 12.8. The predicted octanol–water partition coefficient (Wildman–Crippen LogP) is 2.58. The Morgan fingerprint density at radius 3 is 2.47 bits per heavy atom. The van der Waals surface area contributed by atoms with Crippen LogP contribution < -0.4 is 15.6 Å². The fourth-order valence-electron chi connectivity index (χ4n) is 3.39. The molecule has 8 heteroatoms. The molecule has 2 N–H and O–H groups in total. The van der Waals surface area contributed by atoms with Gasteiger partial charge in [0.05, 0.1) is 11.4 Å². The Labute approximate surface area is 187 Å². The molecule has 0 unspecified atom stereocenters. The Kier molecular flexibility index (Phi) is 6.25. The maximum Gasteiger partial charge on any atom is 0.263 e. The van der Waals surface area contributed by atoms with Gasteiger partial charge in [0.1, 0.15) is 5.56 Å². The third kappa shape index (κ3) is 5.33. The monoisotopic (exact) mass is 451 g/mol. The summed E-state index contributed by atoms with van der Waals surface area (Å²) in [5.74, 6) is -0.472. The quantitative estimate of drug-likeness (QED) is 0.550. The van der Waals surface area contributed by atoms with Gasteiger partial charge in [-0.25, -0.2) is 13.1 Å². The van der Waals surface area contributed by atoms with Gasteiger partial charge in [0, 0.05) is 18.8 Å². The molecule has 0 saturated heterocycles. The summed E-state index contributed by atoms with van der Waals surface area (Å²) in [6, 6.07) is 17.4. The summed E-state index contributed by atoms with van der Waals surface area (Å²) in [4.78, 5) is 25.6. The smallest absolute Gasteiger partial charge is 0.263 e. The number of hydrogen-bond acceptors (Lipinski definition) is 4. The highest BCUT2D eigenvalue weighted by Gasteiger charge is 2.27. The first kappa shape index (κ1) is 22.0. The van der Waals surface area contributed by atoms with E-state index in [1.54, 1.807) is 24.4 Å². The van der Waals surface area contributed by atoms with E-state index in [9.17, 15) is 18.0 Å². The van der Waals surface area contributed by atoms with Crippen LogP contribution in [-0.4, -0.2) is 24.9 Å².